The lowest BCUT2D eigenvalue weighted by atomic mass is 10.0. The Bertz CT molecular complexity index is 738. The van der Waals surface area contributed by atoms with Gasteiger partial charge in [-0.05, 0) is 30.5 Å². The van der Waals surface area contributed by atoms with Crippen LogP contribution in [0, 0.1) is 12.8 Å². The monoisotopic (exact) mass is 324 g/mol. The first-order chi connectivity index (χ1) is 11.4. The third-order valence-corrected chi connectivity index (χ3v) is 4.17. The van der Waals surface area contributed by atoms with Gasteiger partial charge in [0.05, 0.1) is 5.69 Å². The maximum absolute atomic E-state index is 12.9. The summed E-state index contributed by atoms with van der Waals surface area (Å²) in [5.41, 5.74) is 9.64. The van der Waals surface area contributed by atoms with Gasteiger partial charge in [0.2, 0.25) is 0 Å². The van der Waals surface area contributed by atoms with Gasteiger partial charge in [-0.3, -0.25) is 4.79 Å². The molecule has 3 rings (SSSR count). The van der Waals surface area contributed by atoms with E-state index in [2.05, 4.69) is 32.9 Å². The summed E-state index contributed by atoms with van der Waals surface area (Å²) in [5, 5.41) is 0. The molecule has 0 saturated carbocycles. The number of nitrogen functional groups attached to an aromatic ring is 1. The fraction of sp³-hybridized carbons (Fsp3) is 0.350. The Kier molecular flexibility index (Phi) is 4.47. The average molecular weight is 324 g/mol. The van der Waals surface area contributed by atoms with Crippen LogP contribution in [0.5, 0.6) is 5.75 Å². The molecule has 2 aromatic rings. The highest BCUT2D eigenvalue weighted by Crippen LogP contribution is 2.36. The zero-order valence-corrected chi connectivity index (χ0v) is 14.5. The van der Waals surface area contributed by atoms with Gasteiger partial charge in [0.15, 0.2) is 6.10 Å². The number of benzene rings is 2. The van der Waals surface area contributed by atoms with Crippen LogP contribution >= 0.6 is 0 Å². The molecule has 0 radical (unpaired) electrons. The summed E-state index contributed by atoms with van der Waals surface area (Å²) < 4.78 is 6.00. The van der Waals surface area contributed by atoms with Gasteiger partial charge < -0.3 is 15.4 Å². The lowest BCUT2D eigenvalue weighted by Gasteiger charge is -2.35. The number of nitrogens with zero attached hydrogens (tertiary/aromatic N) is 1. The molecule has 2 aromatic carbocycles. The standard InChI is InChI=1S/C20H24N2O2/c1-13(2)12-22-17-9-8-16(21)11-18(17)24-19(20(22)23)10-15-6-4-14(3)5-7-15/h4-9,11,13,19H,10,12,21H2,1-3H3. The number of hydrogen-bond donors (Lipinski definition) is 1. The summed E-state index contributed by atoms with van der Waals surface area (Å²) in [6, 6.07) is 13.7. The van der Waals surface area contributed by atoms with Crippen LogP contribution in [0.15, 0.2) is 42.5 Å². The van der Waals surface area contributed by atoms with Crippen LogP contribution in [0.25, 0.3) is 0 Å². The highest BCUT2D eigenvalue weighted by molar-refractivity contribution is 6.00. The molecule has 4 nitrogen and oxygen atoms in total. The molecule has 24 heavy (non-hydrogen) atoms. The number of nitrogens with two attached hydrogens (primary N) is 1. The van der Waals surface area contributed by atoms with Crippen molar-refractivity contribution in [2.24, 2.45) is 5.92 Å². The van der Waals surface area contributed by atoms with Crippen molar-refractivity contribution >= 4 is 17.3 Å². The summed E-state index contributed by atoms with van der Waals surface area (Å²) >= 11 is 0. The first-order valence-corrected chi connectivity index (χ1v) is 8.37. The van der Waals surface area contributed by atoms with Crippen LogP contribution in [0.2, 0.25) is 0 Å². The second kappa shape index (κ2) is 6.56. The van der Waals surface area contributed by atoms with E-state index in [-0.39, 0.29) is 5.91 Å². The Morgan fingerprint density at radius 3 is 2.54 bits per heavy atom. The minimum Gasteiger partial charge on any atom is -0.478 e. The number of ether oxygens (including phenoxy) is 1. The maximum atomic E-state index is 12.9. The zero-order chi connectivity index (χ0) is 17.3. The van der Waals surface area contributed by atoms with Crippen molar-refractivity contribution in [1.29, 1.82) is 0 Å². The summed E-state index contributed by atoms with van der Waals surface area (Å²) in [4.78, 5) is 14.8. The van der Waals surface area contributed by atoms with Crippen LogP contribution in [-0.4, -0.2) is 18.6 Å². The Morgan fingerprint density at radius 1 is 1.17 bits per heavy atom. The number of carbonyl (C=O) groups is 1. The minimum absolute atomic E-state index is 0.0153. The average Bonchev–Trinajstić information content (AvgIpc) is 2.53. The van der Waals surface area contributed by atoms with Crippen LogP contribution in [0.1, 0.15) is 25.0 Å². The summed E-state index contributed by atoms with van der Waals surface area (Å²) in [5.74, 6) is 1.08. The van der Waals surface area contributed by atoms with E-state index < -0.39 is 6.10 Å². The predicted molar refractivity (Wildman–Crippen MR) is 97.3 cm³/mol. The van der Waals surface area contributed by atoms with Gasteiger partial charge in [-0.2, -0.15) is 0 Å². The Morgan fingerprint density at radius 2 is 1.88 bits per heavy atom. The van der Waals surface area contributed by atoms with Crippen molar-refractivity contribution in [3.63, 3.8) is 0 Å². The fourth-order valence-electron chi connectivity index (χ4n) is 2.96. The second-order valence-corrected chi connectivity index (χ2v) is 6.87. The van der Waals surface area contributed by atoms with Gasteiger partial charge in [0, 0.05) is 24.7 Å². The van der Waals surface area contributed by atoms with Crippen molar-refractivity contribution in [3.8, 4) is 5.75 Å². The molecule has 0 aliphatic carbocycles. The number of anilines is 2. The molecule has 1 aliphatic rings. The Balaban J connectivity index is 1.91. The number of fused-ring (bicyclic) bond motifs is 1. The van der Waals surface area contributed by atoms with E-state index in [4.69, 9.17) is 10.5 Å². The van der Waals surface area contributed by atoms with Crippen molar-refractivity contribution in [2.45, 2.75) is 33.3 Å². The van der Waals surface area contributed by atoms with Gasteiger partial charge >= 0.3 is 0 Å². The first-order valence-electron chi connectivity index (χ1n) is 8.37. The summed E-state index contributed by atoms with van der Waals surface area (Å²) in [6.45, 7) is 6.93. The molecule has 0 bridgehead atoms. The molecule has 1 aliphatic heterocycles. The predicted octanol–water partition coefficient (Wildman–Crippen LogP) is 3.57. The summed E-state index contributed by atoms with van der Waals surface area (Å²) in [6.07, 6.45) is 0.0443. The first kappa shape index (κ1) is 16.4. The van der Waals surface area contributed by atoms with E-state index in [0.717, 1.165) is 11.3 Å². The van der Waals surface area contributed by atoms with Gasteiger partial charge in [0.25, 0.3) is 5.91 Å². The van der Waals surface area contributed by atoms with Crippen LogP contribution < -0.4 is 15.4 Å². The molecule has 0 aromatic heterocycles. The Labute approximate surface area is 143 Å². The highest BCUT2D eigenvalue weighted by atomic mass is 16.5. The van der Waals surface area contributed by atoms with Crippen LogP contribution in [0.4, 0.5) is 11.4 Å². The molecule has 2 N–H and O–H groups in total. The Hall–Kier alpha value is -2.49. The number of carbonyl (C=O) groups excluding carboxylic acids is 1. The largest absolute Gasteiger partial charge is 0.478 e. The molecular weight excluding hydrogens is 300 g/mol. The van der Waals surface area contributed by atoms with Crippen molar-refractivity contribution in [3.05, 3.63) is 53.6 Å². The third-order valence-electron chi connectivity index (χ3n) is 4.17. The van der Waals surface area contributed by atoms with Crippen molar-refractivity contribution in [1.82, 2.24) is 0 Å². The third kappa shape index (κ3) is 3.37. The topological polar surface area (TPSA) is 55.6 Å². The maximum Gasteiger partial charge on any atom is 0.268 e. The van der Waals surface area contributed by atoms with E-state index in [1.807, 2.05) is 29.2 Å². The number of aryl methyl sites for hydroxylation is 1. The lowest BCUT2D eigenvalue weighted by molar-refractivity contribution is -0.126. The molecule has 1 unspecified atom stereocenters. The molecule has 4 heteroatoms. The van der Waals surface area contributed by atoms with Gasteiger partial charge in [-0.25, -0.2) is 0 Å². The molecule has 1 amide bonds. The quantitative estimate of drug-likeness (QED) is 0.875. The van der Waals surface area contributed by atoms with E-state index >= 15 is 0 Å². The lowest BCUT2D eigenvalue weighted by Crippen LogP contribution is -2.48. The van der Waals surface area contributed by atoms with Gasteiger partial charge in [0.1, 0.15) is 5.75 Å². The molecule has 1 atom stereocenters. The second-order valence-electron chi connectivity index (χ2n) is 6.87. The van der Waals surface area contributed by atoms with E-state index in [1.165, 1.54) is 5.56 Å². The van der Waals surface area contributed by atoms with Gasteiger partial charge in [-0.15, -0.1) is 0 Å². The van der Waals surface area contributed by atoms with Crippen LogP contribution in [0.3, 0.4) is 0 Å². The van der Waals surface area contributed by atoms with E-state index in [9.17, 15) is 4.79 Å². The highest BCUT2D eigenvalue weighted by Gasteiger charge is 2.34. The number of hydrogen-bond acceptors (Lipinski definition) is 3. The SMILES string of the molecule is Cc1ccc(CC2Oc3cc(N)ccc3N(CC(C)C)C2=O)cc1. The molecule has 0 saturated heterocycles. The van der Waals surface area contributed by atoms with Crippen molar-refractivity contribution in [2.75, 3.05) is 17.2 Å². The molecule has 0 spiro atoms. The summed E-state index contributed by atoms with van der Waals surface area (Å²) in [7, 11) is 0. The normalized spacial score (nSPS) is 16.9. The van der Waals surface area contributed by atoms with E-state index in [0.29, 0.717) is 30.3 Å². The fourth-order valence-corrected chi connectivity index (χ4v) is 2.96. The molecule has 1 heterocycles. The molecule has 126 valence electrons. The smallest absolute Gasteiger partial charge is 0.268 e. The minimum atomic E-state index is -0.513. The zero-order valence-electron chi connectivity index (χ0n) is 14.5. The molecular formula is C20H24N2O2. The van der Waals surface area contributed by atoms with E-state index in [1.54, 1.807) is 6.07 Å². The van der Waals surface area contributed by atoms with Gasteiger partial charge in [-0.1, -0.05) is 43.7 Å². The number of rotatable bonds is 4. The van der Waals surface area contributed by atoms with Crippen LogP contribution in [-0.2, 0) is 11.2 Å². The number of amides is 1. The van der Waals surface area contributed by atoms with Crippen molar-refractivity contribution < 1.29 is 9.53 Å². The molecule has 0 fully saturated rings.